The molecule has 1 aliphatic carbocycles. The first kappa shape index (κ1) is 13.2. The minimum Gasteiger partial charge on any atom is -0.367 e. The van der Waals surface area contributed by atoms with Crippen LogP contribution in [0.2, 0.25) is 0 Å². The Kier molecular flexibility index (Phi) is 3.07. The first-order valence-corrected chi connectivity index (χ1v) is 6.71. The van der Waals surface area contributed by atoms with E-state index in [2.05, 4.69) is 4.98 Å². The normalized spacial score (nSPS) is 28.2. The molecule has 0 amide bonds. The smallest absolute Gasteiger partial charge is 0.363 e. The first-order valence-electron chi connectivity index (χ1n) is 6.71. The number of pyridine rings is 1. The lowest BCUT2D eigenvalue weighted by molar-refractivity contribution is -0.389. The molecule has 2 fully saturated rings. The van der Waals surface area contributed by atoms with E-state index < -0.39 is 22.7 Å². The van der Waals surface area contributed by atoms with Crippen molar-refractivity contribution >= 4 is 11.5 Å². The van der Waals surface area contributed by atoms with Crippen LogP contribution in [0.15, 0.2) is 18.3 Å². The summed E-state index contributed by atoms with van der Waals surface area (Å²) in [6, 6.07) is 2.90. The number of hydrogen-bond donors (Lipinski definition) is 0. The van der Waals surface area contributed by atoms with E-state index in [9.17, 15) is 18.9 Å². The summed E-state index contributed by atoms with van der Waals surface area (Å²) in [5, 5.41) is 10.6. The molecule has 1 saturated carbocycles. The molecule has 2 heterocycles. The molecule has 108 valence electrons. The quantitative estimate of drug-likeness (QED) is 0.618. The van der Waals surface area contributed by atoms with Crippen molar-refractivity contribution in [3.8, 4) is 0 Å². The standard InChI is InChI=1S/C13H15F2N3O2/c14-13(15)9-2-1-3-10(13)8-17(7-9)11-4-5-12(16-6-11)18(19)20/h4-6,9-10H,1-3,7-8H2. The molecular weight excluding hydrogens is 268 g/mol. The molecule has 0 spiro atoms. The Hall–Kier alpha value is -1.79. The maximum Gasteiger partial charge on any atom is 0.363 e. The predicted octanol–water partition coefficient (Wildman–Crippen LogP) is 2.86. The molecule has 2 aliphatic rings. The second kappa shape index (κ2) is 4.64. The highest BCUT2D eigenvalue weighted by atomic mass is 19.3. The Morgan fingerprint density at radius 1 is 1.30 bits per heavy atom. The highest BCUT2D eigenvalue weighted by Crippen LogP contribution is 2.47. The minimum absolute atomic E-state index is 0.226. The van der Waals surface area contributed by atoms with E-state index in [1.54, 1.807) is 6.07 Å². The Morgan fingerprint density at radius 2 is 1.95 bits per heavy atom. The van der Waals surface area contributed by atoms with Crippen molar-refractivity contribution in [2.45, 2.75) is 25.2 Å². The number of halogens is 2. The Balaban J connectivity index is 1.80. The van der Waals surface area contributed by atoms with Crippen molar-refractivity contribution < 1.29 is 13.7 Å². The fourth-order valence-electron chi connectivity index (χ4n) is 3.25. The van der Waals surface area contributed by atoms with Gasteiger partial charge in [-0.25, -0.2) is 8.78 Å². The summed E-state index contributed by atoms with van der Waals surface area (Å²) in [4.78, 5) is 15.6. The van der Waals surface area contributed by atoms with Crippen molar-refractivity contribution in [3.63, 3.8) is 0 Å². The number of hydrogen-bond acceptors (Lipinski definition) is 4. The summed E-state index contributed by atoms with van der Waals surface area (Å²) in [6.07, 6.45) is 3.34. The molecule has 2 bridgehead atoms. The summed E-state index contributed by atoms with van der Waals surface area (Å²) in [5.41, 5.74) is 0.683. The van der Waals surface area contributed by atoms with Crippen LogP contribution in [0.5, 0.6) is 0 Å². The molecule has 1 aliphatic heterocycles. The van der Waals surface area contributed by atoms with Gasteiger partial charge in [-0.05, 0) is 28.8 Å². The van der Waals surface area contributed by atoms with E-state index in [4.69, 9.17) is 0 Å². The second-order valence-electron chi connectivity index (χ2n) is 5.54. The van der Waals surface area contributed by atoms with Crippen LogP contribution in [-0.2, 0) is 0 Å². The summed E-state index contributed by atoms with van der Waals surface area (Å²) in [7, 11) is 0. The number of nitro groups is 1. The van der Waals surface area contributed by atoms with Crippen LogP contribution in [0.1, 0.15) is 19.3 Å². The molecule has 2 unspecified atom stereocenters. The maximum atomic E-state index is 14.0. The fourth-order valence-corrected chi connectivity index (χ4v) is 3.25. The van der Waals surface area contributed by atoms with Crippen LogP contribution in [-0.4, -0.2) is 28.9 Å². The van der Waals surface area contributed by atoms with E-state index in [1.807, 2.05) is 4.90 Å². The molecule has 0 N–H and O–H groups in total. The zero-order valence-electron chi connectivity index (χ0n) is 10.8. The topological polar surface area (TPSA) is 59.3 Å². The third-order valence-electron chi connectivity index (χ3n) is 4.36. The SMILES string of the molecule is O=[N+]([O-])c1ccc(N2CC3CCCC(C2)C3(F)F)cn1. The molecule has 2 atom stereocenters. The van der Waals surface area contributed by atoms with Crippen molar-refractivity contribution in [1.82, 2.24) is 4.98 Å². The number of fused-ring (bicyclic) bond motifs is 2. The average Bonchev–Trinajstić information content (AvgIpc) is 2.37. The molecule has 1 saturated heterocycles. The van der Waals surface area contributed by atoms with Gasteiger partial charge in [-0.1, -0.05) is 6.42 Å². The number of rotatable bonds is 2. The van der Waals surface area contributed by atoms with Crippen LogP contribution in [0, 0.1) is 22.0 Å². The predicted molar refractivity (Wildman–Crippen MR) is 68.9 cm³/mol. The molecule has 20 heavy (non-hydrogen) atoms. The highest BCUT2D eigenvalue weighted by Gasteiger charge is 2.53. The van der Waals surface area contributed by atoms with Gasteiger partial charge in [0.05, 0.1) is 5.69 Å². The molecular formula is C13H15F2N3O2. The number of anilines is 1. The summed E-state index contributed by atoms with van der Waals surface area (Å²) in [6.45, 7) is 0.589. The Morgan fingerprint density at radius 3 is 2.45 bits per heavy atom. The van der Waals surface area contributed by atoms with Gasteiger partial charge in [-0.2, -0.15) is 0 Å². The van der Waals surface area contributed by atoms with Crippen molar-refractivity contribution in [1.29, 1.82) is 0 Å². The third-order valence-corrected chi connectivity index (χ3v) is 4.36. The molecule has 0 aromatic carbocycles. The van der Waals surface area contributed by atoms with E-state index in [0.717, 1.165) is 6.42 Å². The van der Waals surface area contributed by atoms with Crippen LogP contribution in [0.25, 0.3) is 0 Å². The van der Waals surface area contributed by atoms with Gasteiger partial charge in [0.1, 0.15) is 0 Å². The summed E-state index contributed by atoms with van der Waals surface area (Å²) < 4.78 is 28.1. The van der Waals surface area contributed by atoms with E-state index in [-0.39, 0.29) is 5.82 Å². The van der Waals surface area contributed by atoms with Gasteiger partial charge < -0.3 is 15.0 Å². The van der Waals surface area contributed by atoms with E-state index in [0.29, 0.717) is 31.6 Å². The fraction of sp³-hybridized carbons (Fsp3) is 0.615. The Bertz CT molecular complexity index is 505. The lowest BCUT2D eigenvalue weighted by Crippen LogP contribution is -2.55. The zero-order valence-corrected chi connectivity index (χ0v) is 10.8. The molecule has 0 radical (unpaired) electrons. The first-order chi connectivity index (χ1) is 9.48. The van der Waals surface area contributed by atoms with Crippen molar-refractivity contribution in [2.75, 3.05) is 18.0 Å². The van der Waals surface area contributed by atoms with Crippen molar-refractivity contribution in [3.05, 3.63) is 28.4 Å². The molecule has 3 rings (SSSR count). The summed E-state index contributed by atoms with van der Waals surface area (Å²) >= 11 is 0. The van der Waals surface area contributed by atoms with Crippen molar-refractivity contribution in [2.24, 2.45) is 11.8 Å². The second-order valence-corrected chi connectivity index (χ2v) is 5.54. The third kappa shape index (κ3) is 2.10. The maximum absolute atomic E-state index is 14.0. The van der Waals surface area contributed by atoms with Crippen LogP contribution < -0.4 is 4.90 Å². The van der Waals surface area contributed by atoms with Crippen LogP contribution >= 0.6 is 0 Å². The van der Waals surface area contributed by atoms with Gasteiger partial charge >= 0.3 is 5.82 Å². The zero-order chi connectivity index (χ0) is 14.3. The van der Waals surface area contributed by atoms with Crippen LogP contribution in [0.4, 0.5) is 20.3 Å². The molecule has 1 aromatic heterocycles. The number of nitrogens with zero attached hydrogens (tertiary/aromatic N) is 3. The summed E-state index contributed by atoms with van der Waals surface area (Å²) in [5.74, 6) is -4.05. The largest absolute Gasteiger partial charge is 0.367 e. The monoisotopic (exact) mass is 283 g/mol. The average molecular weight is 283 g/mol. The van der Waals surface area contributed by atoms with Gasteiger partial charge in [0.25, 0.3) is 5.92 Å². The van der Waals surface area contributed by atoms with Crippen LogP contribution in [0.3, 0.4) is 0 Å². The van der Waals surface area contributed by atoms with E-state index in [1.165, 1.54) is 12.3 Å². The number of piperidine rings is 1. The highest BCUT2D eigenvalue weighted by molar-refractivity contribution is 5.47. The number of aromatic nitrogens is 1. The van der Waals surface area contributed by atoms with Gasteiger partial charge in [-0.15, -0.1) is 0 Å². The van der Waals surface area contributed by atoms with Gasteiger partial charge in [0.2, 0.25) is 0 Å². The lowest BCUT2D eigenvalue weighted by Gasteiger charge is -2.47. The molecule has 5 nitrogen and oxygen atoms in total. The van der Waals surface area contributed by atoms with Gasteiger partial charge in [0.15, 0.2) is 6.20 Å². The van der Waals surface area contributed by atoms with Gasteiger partial charge in [-0.3, -0.25) is 0 Å². The lowest BCUT2D eigenvalue weighted by atomic mass is 9.74. The number of alkyl halides is 2. The van der Waals surface area contributed by atoms with Gasteiger partial charge in [0, 0.05) is 31.0 Å². The molecule has 1 aromatic rings. The molecule has 7 heteroatoms. The Labute approximate surface area is 114 Å². The minimum atomic E-state index is -2.58. The van der Waals surface area contributed by atoms with E-state index >= 15 is 0 Å².